The SMILES string of the molecule is CC(C)N(C)c1nc(-c2ccccc2)c(C(=O)O)s1. The molecule has 0 unspecified atom stereocenters. The summed E-state index contributed by atoms with van der Waals surface area (Å²) in [6.45, 7) is 4.09. The highest BCUT2D eigenvalue weighted by Crippen LogP contribution is 2.33. The summed E-state index contributed by atoms with van der Waals surface area (Å²) in [5, 5.41) is 10.0. The van der Waals surface area contributed by atoms with Crippen LogP contribution in [0.2, 0.25) is 0 Å². The van der Waals surface area contributed by atoms with Gasteiger partial charge >= 0.3 is 5.97 Å². The minimum atomic E-state index is -0.931. The molecule has 0 bridgehead atoms. The van der Waals surface area contributed by atoms with Gasteiger partial charge in [-0.05, 0) is 13.8 Å². The van der Waals surface area contributed by atoms with Gasteiger partial charge in [0.05, 0.1) is 5.69 Å². The lowest BCUT2D eigenvalue weighted by Gasteiger charge is -2.19. The lowest BCUT2D eigenvalue weighted by atomic mass is 10.1. The van der Waals surface area contributed by atoms with Crippen LogP contribution in [0.15, 0.2) is 30.3 Å². The van der Waals surface area contributed by atoms with Gasteiger partial charge in [0.2, 0.25) is 0 Å². The van der Waals surface area contributed by atoms with E-state index in [0.717, 1.165) is 10.7 Å². The second kappa shape index (κ2) is 5.40. The minimum Gasteiger partial charge on any atom is -0.477 e. The van der Waals surface area contributed by atoms with Gasteiger partial charge in [-0.2, -0.15) is 0 Å². The van der Waals surface area contributed by atoms with E-state index in [2.05, 4.69) is 4.98 Å². The molecule has 1 heterocycles. The van der Waals surface area contributed by atoms with Crippen molar-refractivity contribution in [1.82, 2.24) is 4.98 Å². The molecule has 0 saturated carbocycles. The van der Waals surface area contributed by atoms with Gasteiger partial charge in [0, 0.05) is 18.7 Å². The maximum Gasteiger partial charge on any atom is 0.348 e. The second-order valence-electron chi connectivity index (χ2n) is 4.55. The molecule has 1 aromatic carbocycles. The number of hydrogen-bond donors (Lipinski definition) is 1. The number of thiazole rings is 1. The molecule has 1 aromatic heterocycles. The highest BCUT2D eigenvalue weighted by molar-refractivity contribution is 7.17. The summed E-state index contributed by atoms with van der Waals surface area (Å²) >= 11 is 1.21. The van der Waals surface area contributed by atoms with E-state index in [1.165, 1.54) is 11.3 Å². The highest BCUT2D eigenvalue weighted by Gasteiger charge is 2.21. The molecule has 0 saturated heterocycles. The van der Waals surface area contributed by atoms with E-state index in [-0.39, 0.29) is 10.9 Å². The van der Waals surface area contributed by atoms with E-state index in [1.54, 1.807) is 0 Å². The zero-order chi connectivity index (χ0) is 14.0. The number of nitrogens with zero attached hydrogens (tertiary/aromatic N) is 2. The fourth-order valence-electron chi connectivity index (χ4n) is 1.62. The molecule has 4 nitrogen and oxygen atoms in total. The minimum absolute atomic E-state index is 0.274. The molecule has 0 aliphatic heterocycles. The Hall–Kier alpha value is -1.88. The zero-order valence-corrected chi connectivity index (χ0v) is 11.9. The molecule has 5 heteroatoms. The largest absolute Gasteiger partial charge is 0.477 e. The summed E-state index contributed by atoms with van der Waals surface area (Å²) in [5.41, 5.74) is 1.38. The van der Waals surface area contributed by atoms with Gasteiger partial charge in [-0.1, -0.05) is 41.7 Å². The smallest absolute Gasteiger partial charge is 0.348 e. The van der Waals surface area contributed by atoms with Crippen molar-refractivity contribution >= 4 is 22.4 Å². The monoisotopic (exact) mass is 276 g/mol. The molecule has 1 N–H and O–H groups in total. The number of carboxylic acid groups (broad SMARTS) is 1. The molecular weight excluding hydrogens is 260 g/mol. The molecule has 2 rings (SSSR count). The van der Waals surface area contributed by atoms with Crippen molar-refractivity contribution in [2.45, 2.75) is 19.9 Å². The third kappa shape index (κ3) is 2.76. The second-order valence-corrected chi connectivity index (χ2v) is 5.53. The quantitative estimate of drug-likeness (QED) is 0.930. The van der Waals surface area contributed by atoms with Crippen molar-refractivity contribution in [1.29, 1.82) is 0 Å². The predicted octanol–water partition coefficient (Wildman–Crippen LogP) is 3.35. The van der Waals surface area contributed by atoms with Crippen LogP contribution in [0.3, 0.4) is 0 Å². The van der Waals surface area contributed by atoms with Gasteiger partial charge in [0.25, 0.3) is 0 Å². The highest BCUT2D eigenvalue weighted by atomic mass is 32.1. The maximum absolute atomic E-state index is 11.4. The van der Waals surface area contributed by atoms with Crippen LogP contribution in [0.1, 0.15) is 23.5 Å². The van der Waals surface area contributed by atoms with Gasteiger partial charge in [-0.25, -0.2) is 9.78 Å². The predicted molar refractivity (Wildman–Crippen MR) is 78.0 cm³/mol. The van der Waals surface area contributed by atoms with E-state index >= 15 is 0 Å². The Bertz CT molecular complexity index is 578. The Kier molecular flexibility index (Phi) is 3.85. The van der Waals surface area contributed by atoms with Crippen molar-refractivity contribution in [3.05, 3.63) is 35.2 Å². The normalized spacial score (nSPS) is 10.7. The summed E-state index contributed by atoms with van der Waals surface area (Å²) < 4.78 is 0. The average Bonchev–Trinajstić information content (AvgIpc) is 2.83. The standard InChI is InChI=1S/C14H16N2O2S/c1-9(2)16(3)14-15-11(12(19-14)13(17)18)10-7-5-4-6-8-10/h4-9H,1-3H3,(H,17,18). The molecule has 0 aliphatic carbocycles. The Labute approximate surface area is 116 Å². The van der Waals surface area contributed by atoms with Gasteiger partial charge in [-0.15, -0.1) is 0 Å². The molecule has 0 amide bonds. The lowest BCUT2D eigenvalue weighted by molar-refractivity contribution is 0.0702. The number of anilines is 1. The van der Waals surface area contributed by atoms with E-state index < -0.39 is 5.97 Å². The van der Waals surface area contributed by atoms with E-state index in [4.69, 9.17) is 0 Å². The van der Waals surface area contributed by atoms with E-state index in [1.807, 2.05) is 56.1 Å². The maximum atomic E-state index is 11.4. The Morgan fingerprint density at radius 1 is 1.32 bits per heavy atom. The average molecular weight is 276 g/mol. The summed E-state index contributed by atoms with van der Waals surface area (Å²) in [5.74, 6) is -0.931. The summed E-state index contributed by atoms with van der Waals surface area (Å²) in [6, 6.07) is 9.69. The number of carboxylic acids is 1. The van der Waals surface area contributed by atoms with E-state index in [9.17, 15) is 9.90 Å². The van der Waals surface area contributed by atoms with Crippen LogP contribution in [0.4, 0.5) is 5.13 Å². The van der Waals surface area contributed by atoms with Gasteiger partial charge < -0.3 is 10.0 Å². The zero-order valence-electron chi connectivity index (χ0n) is 11.1. The first-order valence-corrected chi connectivity index (χ1v) is 6.84. The van der Waals surface area contributed by atoms with Gasteiger partial charge in [0.1, 0.15) is 4.88 Å². The molecule has 0 aliphatic rings. The van der Waals surface area contributed by atoms with Crippen LogP contribution >= 0.6 is 11.3 Å². The van der Waals surface area contributed by atoms with Crippen LogP contribution in [0.5, 0.6) is 0 Å². The van der Waals surface area contributed by atoms with Crippen molar-refractivity contribution in [2.75, 3.05) is 11.9 Å². The molecule has 100 valence electrons. The van der Waals surface area contributed by atoms with Crippen LogP contribution in [0.25, 0.3) is 11.3 Å². The molecule has 19 heavy (non-hydrogen) atoms. The Morgan fingerprint density at radius 3 is 2.47 bits per heavy atom. The van der Waals surface area contributed by atoms with Crippen LogP contribution < -0.4 is 4.90 Å². The third-order valence-corrected chi connectivity index (χ3v) is 4.07. The van der Waals surface area contributed by atoms with Crippen molar-refractivity contribution in [2.24, 2.45) is 0 Å². The first-order chi connectivity index (χ1) is 9.00. The van der Waals surface area contributed by atoms with Crippen molar-refractivity contribution in [3.63, 3.8) is 0 Å². The third-order valence-electron chi connectivity index (χ3n) is 2.93. The van der Waals surface area contributed by atoms with Gasteiger partial charge in [-0.3, -0.25) is 0 Å². The van der Waals surface area contributed by atoms with E-state index in [0.29, 0.717) is 5.69 Å². The summed E-state index contributed by atoms with van der Waals surface area (Å²) in [7, 11) is 1.92. The molecule has 2 aromatic rings. The number of hydrogen-bond acceptors (Lipinski definition) is 4. The fourth-order valence-corrected chi connectivity index (χ4v) is 2.64. The van der Waals surface area contributed by atoms with Gasteiger partial charge in [0.15, 0.2) is 5.13 Å². The number of rotatable bonds is 4. The topological polar surface area (TPSA) is 53.4 Å². The molecule has 0 atom stereocenters. The summed E-state index contributed by atoms with van der Waals surface area (Å²) in [4.78, 5) is 18.1. The first kappa shape index (κ1) is 13.5. The molecular formula is C14H16N2O2S. The summed E-state index contributed by atoms with van der Waals surface area (Å²) in [6.07, 6.45) is 0. The van der Waals surface area contributed by atoms with Crippen LogP contribution in [-0.2, 0) is 0 Å². The Balaban J connectivity index is 2.51. The molecule has 0 fully saturated rings. The number of aromatic carboxylic acids is 1. The fraction of sp³-hybridized carbons (Fsp3) is 0.286. The lowest BCUT2D eigenvalue weighted by Crippen LogP contribution is -2.25. The van der Waals surface area contributed by atoms with Crippen molar-refractivity contribution < 1.29 is 9.90 Å². The number of carbonyl (C=O) groups is 1. The molecule has 0 radical (unpaired) electrons. The molecule has 0 spiro atoms. The number of benzene rings is 1. The first-order valence-electron chi connectivity index (χ1n) is 6.03. The van der Waals surface area contributed by atoms with Crippen LogP contribution in [0, 0.1) is 0 Å². The van der Waals surface area contributed by atoms with Crippen LogP contribution in [-0.4, -0.2) is 29.1 Å². The van der Waals surface area contributed by atoms with Crippen molar-refractivity contribution in [3.8, 4) is 11.3 Å². The number of aromatic nitrogens is 1. The Morgan fingerprint density at radius 2 is 1.95 bits per heavy atom.